The van der Waals surface area contributed by atoms with Crippen LogP contribution in [-0.4, -0.2) is 55.5 Å². The Labute approximate surface area is 168 Å². The molecule has 2 bridgehead atoms. The molecule has 158 valence electrons. The highest BCUT2D eigenvalue weighted by Gasteiger charge is 2.38. The maximum absolute atomic E-state index is 13.2. The Balaban J connectivity index is 1.46. The SMILES string of the molecule is Cn1cc(NC(=O)c2cnn3ccc(N4C[C@H]5CC[C@@H]4CN5)nc23)c(C(F)(F)F)n1. The predicted molar refractivity (Wildman–Crippen MR) is 101 cm³/mol. The zero-order valence-corrected chi connectivity index (χ0v) is 16.0. The van der Waals surface area contributed by atoms with E-state index in [-0.39, 0.29) is 11.2 Å². The van der Waals surface area contributed by atoms with E-state index in [0.717, 1.165) is 42.6 Å². The molecule has 0 unspecified atom stereocenters. The van der Waals surface area contributed by atoms with Crippen molar-refractivity contribution in [1.82, 2.24) is 29.7 Å². The molecule has 6 heterocycles. The summed E-state index contributed by atoms with van der Waals surface area (Å²) < 4.78 is 42.0. The molecule has 1 amide bonds. The minimum absolute atomic E-state index is 0.0918. The third kappa shape index (κ3) is 3.16. The van der Waals surface area contributed by atoms with E-state index in [4.69, 9.17) is 0 Å². The van der Waals surface area contributed by atoms with Crippen molar-refractivity contribution in [2.45, 2.75) is 31.1 Å². The molecule has 3 saturated heterocycles. The molecule has 0 saturated carbocycles. The van der Waals surface area contributed by atoms with Gasteiger partial charge < -0.3 is 15.5 Å². The van der Waals surface area contributed by atoms with Crippen LogP contribution in [0.2, 0.25) is 0 Å². The first-order chi connectivity index (χ1) is 14.3. The van der Waals surface area contributed by atoms with Gasteiger partial charge in [0.1, 0.15) is 11.4 Å². The van der Waals surface area contributed by atoms with Crippen LogP contribution in [0, 0.1) is 0 Å². The molecule has 3 aliphatic heterocycles. The monoisotopic (exact) mass is 420 g/mol. The van der Waals surface area contributed by atoms with Gasteiger partial charge in [-0.3, -0.25) is 9.48 Å². The number of carbonyl (C=O) groups excluding carboxylic acids is 1. The molecule has 3 aliphatic rings. The molecule has 0 aliphatic carbocycles. The van der Waals surface area contributed by atoms with Crippen LogP contribution in [0.15, 0.2) is 24.7 Å². The summed E-state index contributed by atoms with van der Waals surface area (Å²) in [7, 11) is 1.36. The summed E-state index contributed by atoms with van der Waals surface area (Å²) in [6.45, 7) is 1.71. The van der Waals surface area contributed by atoms with E-state index in [9.17, 15) is 18.0 Å². The van der Waals surface area contributed by atoms with Crippen molar-refractivity contribution >= 4 is 23.1 Å². The number of hydrogen-bond donors (Lipinski definition) is 2. The Bertz CT molecular complexity index is 1110. The third-order valence-corrected chi connectivity index (χ3v) is 5.59. The van der Waals surface area contributed by atoms with Crippen LogP contribution in [0.5, 0.6) is 0 Å². The van der Waals surface area contributed by atoms with Gasteiger partial charge >= 0.3 is 6.18 Å². The van der Waals surface area contributed by atoms with Crippen molar-refractivity contribution in [3.8, 4) is 0 Å². The van der Waals surface area contributed by atoms with Crippen LogP contribution in [0.25, 0.3) is 5.65 Å². The van der Waals surface area contributed by atoms with Crippen molar-refractivity contribution in [1.29, 1.82) is 0 Å². The molecule has 12 heteroatoms. The second kappa shape index (κ2) is 6.69. The smallest absolute Gasteiger partial charge is 0.351 e. The molecule has 0 aromatic carbocycles. The highest BCUT2D eigenvalue weighted by molar-refractivity contribution is 6.08. The molecule has 0 radical (unpaired) electrons. The number of piperazine rings is 1. The first-order valence-electron chi connectivity index (χ1n) is 9.56. The molecule has 3 aromatic rings. The second-order valence-corrected chi connectivity index (χ2v) is 7.62. The van der Waals surface area contributed by atoms with Crippen LogP contribution in [0.3, 0.4) is 0 Å². The third-order valence-electron chi connectivity index (χ3n) is 5.59. The van der Waals surface area contributed by atoms with Gasteiger partial charge in [0.05, 0.1) is 11.9 Å². The van der Waals surface area contributed by atoms with E-state index in [0.29, 0.717) is 12.1 Å². The average molecular weight is 420 g/mol. The number of nitrogens with one attached hydrogen (secondary N) is 2. The lowest BCUT2D eigenvalue weighted by molar-refractivity contribution is -0.140. The van der Waals surface area contributed by atoms with E-state index in [1.54, 1.807) is 6.20 Å². The lowest BCUT2D eigenvalue weighted by Crippen LogP contribution is -2.61. The number of alkyl halides is 3. The summed E-state index contributed by atoms with van der Waals surface area (Å²) in [6.07, 6.45) is 1.62. The summed E-state index contributed by atoms with van der Waals surface area (Å²) in [5, 5.41) is 13.3. The summed E-state index contributed by atoms with van der Waals surface area (Å²) in [4.78, 5) is 19.6. The maximum atomic E-state index is 13.2. The van der Waals surface area contributed by atoms with E-state index in [2.05, 4.69) is 30.7 Å². The minimum Gasteiger partial charge on any atom is -0.351 e. The molecule has 9 nitrogen and oxygen atoms in total. The number of aryl methyl sites for hydroxylation is 1. The van der Waals surface area contributed by atoms with Gasteiger partial charge in [-0.25, -0.2) is 9.50 Å². The minimum atomic E-state index is -4.68. The Kier molecular flexibility index (Phi) is 4.20. The van der Waals surface area contributed by atoms with Crippen molar-refractivity contribution in [2.24, 2.45) is 7.05 Å². The lowest BCUT2D eigenvalue weighted by atomic mass is 9.93. The Morgan fingerprint density at radius 3 is 2.83 bits per heavy atom. The van der Waals surface area contributed by atoms with Gasteiger partial charge in [-0.1, -0.05) is 0 Å². The van der Waals surface area contributed by atoms with E-state index in [1.807, 2.05) is 6.07 Å². The van der Waals surface area contributed by atoms with Gasteiger partial charge in [0.15, 0.2) is 11.3 Å². The molecular weight excluding hydrogens is 401 g/mol. The number of hydrogen-bond acceptors (Lipinski definition) is 6. The van der Waals surface area contributed by atoms with Crippen LogP contribution < -0.4 is 15.5 Å². The fourth-order valence-corrected chi connectivity index (χ4v) is 4.15. The van der Waals surface area contributed by atoms with Gasteiger partial charge in [0.2, 0.25) is 0 Å². The topological polar surface area (TPSA) is 92.4 Å². The van der Waals surface area contributed by atoms with Crippen molar-refractivity contribution in [3.63, 3.8) is 0 Å². The zero-order chi connectivity index (χ0) is 21.0. The van der Waals surface area contributed by atoms with E-state index < -0.39 is 23.5 Å². The van der Waals surface area contributed by atoms with Gasteiger partial charge in [-0.15, -0.1) is 0 Å². The molecule has 0 spiro atoms. The van der Waals surface area contributed by atoms with Crippen LogP contribution in [-0.2, 0) is 13.2 Å². The number of amides is 1. The number of carbonyl (C=O) groups is 1. The van der Waals surface area contributed by atoms with Gasteiger partial charge in [0.25, 0.3) is 5.91 Å². The molecule has 2 N–H and O–H groups in total. The van der Waals surface area contributed by atoms with Gasteiger partial charge in [-0.05, 0) is 18.9 Å². The van der Waals surface area contributed by atoms with E-state index in [1.165, 1.54) is 17.8 Å². The molecular formula is C18H19F3N8O. The standard InChI is InChI=1S/C18H19F3N8O/c1-27-9-13(15(26-27)18(19,20)21)24-17(30)12-7-23-29-5-4-14(25-16(12)29)28-8-10-2-3-11(28)6-22-10/h4-5,7,9-11,22H,2-3,6,8H2,1H3,(H,24,30)/t10-,11-/m1/s1. The zero-order valence-electron chi connectivity index (χ0n) is 16.0. The second-order valence-electron chi connectivity index (χ2n) is 7.62. The Morgan fingerprint density at radius 1 is 1.33 bits per heavy atom. The summed E-state index contributed by atoms with van der Waals surface area (Å²) in [5.41, 5.74) is -1.18. The average Bonchev–Trinajstić information content (AvgIpc) is 3.31. The van der Waals surface area contributed by atoms with Crippen LogP contribution in [0.1, 0.15) is 28.9 Å². The molecule has 3 aromatic heterocycles. The highest BCUT2D eigenvalue weighted by Crippen LogP contribution is 2.34. The molecule has 30 heavy (non-hydrogen) atoms. The molecule has 6 rings (SSSR count). The summed E-state index contributed by atoms with van der Waals surface area (Å²) in [6, 6.07) is 2.58. The largest absolute Gasteiger partial charge is 0.437 e. The quantitative estimate of drug-likeness (QED) is 0.670. The Hall–Kier alpha value is -3.15. The number of rotatable bonds is 3. The van der Waals surface area contributed by atoms with Crippen LogP contribution >= 0.6 is 0 Å². The summed E-state index contributed by atoms with van der Waals surface area (Å²) >= 11 is 0. The summed E-state index contributed by atoms with van der Waals surface area (Å²) in [5.74, 6) is 0.000546. The van der Waals surface area contributed by atoms with Crippen molar-refractivity contribution in [3.05, 3.63) is 35.9 Å². The number of nitrogens with zero attached hydrogens (tertiary/aromatic N) is 6. The first-order valence-corrected chi connectivity index (χ1v) is 9.56. The lowest BCUT2D eigenvalue weighted by Gasteiger charge is -2.46. The molecule has 2 atom stereocenters. The van der Waals surface area contributed by atoms with Crippen molar-refractivity contribution in [2.75, 3.05) is 23.3 Å². The number of fused-ring (bicyclic) bond motifs is 4. The van der Waals surface area contributed by atoms with Gasteiger partial charge in [0, 0.05) is 44.6 Å². The van der Waals surface area contributed by atoms with Crippen LogP contribution in [0.4, 0.5) is 24.7 Å². The van der Waals surface area contributed by atoms with E-state index >= 15 is 0 Å². The fourth-order valence-electron chi connectivity index (χ4n) is 4.15. The normalized spacial score (nSPS) is 21.4. The maximum Gasteiger partial charge on any atom is 0.437 e. The number of aromatic nitrogens is 5. The number of piperidine rings is 2. The highest BCUT2D eigenvalue weighted by atomic mass is 19.4. The predicted octanol–water partition coefficient (Wildman–Crippen LogP) is 1.67. The van der Waals surface area contributed by atoms with Gasteiger partial charge in [-0.2, -0.15) is 23.4 Å². The van der Waals surface area contributed by atoms with Crippen molar-refractivity contribution < 1.29 is 18.0 Å². The fraction of sp³-hybridized carbons (Fsp3) is 0.444. The Morgan fingerprint density at radius 2 is 2.17 bits per heavy atom. The first kappa shape index (κ1) is 18.9. The molecule has 3 fully saturated rings. The number of anilines is 2. The number of halogens is 3.